The normalized spacial score (nSPS) is 29.6. The number of fused-ring (bicyclic) bond motifs is 2. The first-order valence-corrected chi connectivity index (χ1v) is 8.88. The summed E-state index contributed by atoms with van der Waals surface area (Å²) in [6, 6.07) is 2.41. The lowest BCUT2D eigenvalue weighted by Gasteiger charge is -2.25. The molecule has 0 saturated carbocycles. The largest absolute Gasteiger partial charge is 0.314 e. The summed E-state index contributed by atoms with van der Waals surface area (Å²) >= 11 is 0. The second kappa shape index (κ2) is 8.35. The fourth-order valence-corrected chi connectivity index (χ4v) is 3.86. The van der Waals surface area contributed by atoms with E-state index in [0.29, 0.717) is 6.04 Å². The number of nitrogens with zero attached hydrogens (tertiary/aromatic N) is 2. The van der Waals surface area contributed by atoms with Gasteiger partial charge in [0.25, 0.3) is 0 Å². The van der Waals surface area contributed by atoms with Crippen LogP contribution < -0.4 is 5.32 Å². The van der Waals surface area contributed by atoms with Gasteiger partial charge in [0, 0.05) is 24.7 Å². The van der Waals surface area contributed by atoms with E-state index in [0.717, 1.165) is 12.1 Å². The van der Waals surface area contributed by atoms with Crippen LogP contribution in [0.5, 0.6) is 0 Å². The van der Waals surface area contributed by atoms with E-state index < -0.39 is 0 Å². The number of nitrogens with one attached hydrogen (secondary N) is 1. The Labute approximate surface area is 126 Å². The van der Waals surface area contributed by atoms with Crippen LogP contribution in [0.3, 0.4) is 0 Å². The van der Waals surface area contributed by atoms with Crippen LogP contribution in [-0.2, 0) is 0 Å². The average Bonchev–Trinajstić information content (AvgIpc) is 2.68. The predicted molar refractivity (Wildman–Crippen MR) is 87.2 cm³/mol. The van der Waals surface area contributed by atoms with Gasteiger partial charge in [-0.25, -0.2) is 0 Å². The molecule has 0 spiro atoms. The van der Waals surface area contributed by atoms with Crippen molar-refractivity contribution in [2.24, 2.45) is 0 Å². The second-order valence-corrected chi connectivity index (χ2v) is 6.99. The molecule has 0 aliphatic carbocycles. The third kappa shape index (κ3) is 4.71. The molecule has 1 N–H and O–H groups in total. The molecule has 3 unspecified atom stereocenters. The predicted octanol–water partition coefficient (Wildman–Crippen LogP) is 2.71. The first-order chi connectivity index (χ1) is 9.70. The van der Waals surface area contributed by atoms with Crippen molar-refractivity contribution in [1.82, 2.24) is 15.1 Å². The van der Waals surface area contributed by atoms with Crippen LogP contribution in [0, 0.1) is 0 Å². The zero-order valence-corrected chi connectivity index (χ0v) is 13.9. The van der Waals surface area contributed by atoms with E-state index >= 15 is 0 Å². The number of likely N-dealkylation sites (tertiary alicyclic amines) is 1. The average molecular weight is 281 g/mol. The first kappa shape index (κ1) is 16.3. The van der Waals surface area contributed by atoms with E-state index in [9.17, 15) is 0 Å². The van der Waals surface area contributed by atoms with Gasteiger partial charge in [0.1, 0.15) is 0 Å². The summed E-state index contributed by atoms with van der Waals surface area (Å²) in [5, 5.41) is 3.59. The number of hydrogen-bond acceptors (Lipinski definition) is 3. The smallest absolute Gasteiger partial charge is 0.0223 e. The van der Waals surface area contributed by atoms with E-state index in [2.05, 4.69) is 36.0 Å². The molecule has 0 radical (unpaired) electrons. The number of unbranched alkanes of at least 4 members (excludes halogenated alkanes) is 1. The van der Waals surface area contributed by atoms with Crippen LogP contribution in [0.15, 0.2) is 0 Å². The number of likely N-dealkylation sites (N-methyl/N-ethyl adjacent to an activating group) is 1. The van der Waals surface area contributed by atoms with Crippen molar-refractivity contribution >= 4 is 0 Å². The molecule has 2 heterocycles. The van der Waals surface area contributed by atoms with Crippen molar-refractivity contribution < 1.29 is 0 Å². The minimum atomic E-state index is 0.696. The Balaban J connectivity index is 1.58. The lowest BCUT2D eigenvalue weighted by atomic mass is 10.1. The summed E-state index contributed by atoms with van der Waals surface area (Å²) in [5.41, 5.74) is 0. The first-order valence-electron chi connectivity index (χ1n) is 8.88. The molecular weight excluding hydrogens is 246 g/mol. The Kier molecular flexibility index (Phi) is 6.79. The second-order valence-electron chi connectivity index (χ2n) is 6.99. The summed E-state index contributed by atoms with van der Waals surface area (Å²) in [6.07, 6.45) is 9.58. The Morgan fingerprint density at radius 2 is 1.95 bits per heavy atom. The SMILES string of the molecule is CCCNC(C)CCCCN1CCC2CCC(C1)N2C. The quantitative estimate of drug-likeness (QED) is 0.690. The van der Waals surface area contributed by atoms with Crippen molar-refractivity contribution in [2.45, 2.75) is 76.9 Å². The molecule has 2 bridgehead atoms. The molecule has 3 heteroatoms. The maximum absolute atomic E-state index is 3.59. The summed E-state index contributed by atoms with van der Waals surface area (Å²) < 4.78 is 0. The molecule has 2 fully saturated rings. The van der Waals surface area contributed by atoms with Crippen molar-refractivity contribution in [3.63, 3.8) is 0 Å². The van der Waals surface area contributed by atoms with E-state index in [1.54, 1.807) is 0 Å². The van der Waals surface area contributed by atoms with Crippen molar-refractivity contribution in [3.8, 4) is 0 Å². The Morgan fingerprint density at radius 1 is 1.15 bits per heavy atom. The zero-order valence-electron chi connectivity index (χ0n) is 13.9. The Bertz CT molecular complexity index is 269. The zero-order chi connectivity index (χ0) is 14.4. The molecule has 2 aliphatic heterocycles. The number of rotatable bonds is 8. The molecule has 3 nitrogen and oxygen atoms in total. The van der Waals surface area contributed by atoms with E-state index in [1.165, 1.54) is 71.1 Å². The highest BCUT2D eigenvalue weighted by Gasteiger charge is 2.34. The van der Waals surface area contributed by atoms with E-state index in [4.69, 9.17) is 0 Å². The van der Waals surface area contributed by atoms with Gasteiger partial charge in [0.05, 0.1) is 0 Å². The Morgan fingerprint density at radius 3 is 2.75 bits per heavy atom. The lowest BCUT2D eigenvalue weighted by molar-refractivity contribution is 0.216. The highest BCUT2D eigenvalue weighted by molar-refractivity contribution is 4.90. The maximum atomic E-state index is 3.59. The van der Waals surface area contributed by atoms with Crippen molar-refractivity contribution in [3.05, 3.63) is 0 Å². The van der Waals surface area contributed by atoms with Crippen LogP contribution in [0.1, 0.15) is 58.8 Å². The molecule has 20 heavy (non-hydrogen) atoms. The summed E-state index contributed by atoms with van der Waals surface area (Å²) in [5.74, 6) is 0. The van der Waals surface area contributed by atoms with E-state index in [1.807, 2.05) is 0 Å². The van der Waals surface area contributed by atoms with Crippen LogP contribution >= 0.6 is 0 Å². The Hall–Kier alpha value is -0.120. The molecule has 3 atom stereocenters. The van der Waals surface area contributed by atoms with Gasteiger partial charge < -0.3 is 10.2 Å². The van der Waals surface area contributed by atoms with Gasteiger partial charge in [0.2, 0.25) is 0 Å². The van der Waals surface area contributed by atoms with Crippen LogP contribution in [0.2, 0.25) is 0 Å². The van der Waals surface area contributed by atoms with Gasteiger partial charge in [-0.2, -0.15) is 0 Å². The molecule has 0 amide bonds. The lowest BCUT2D eigenvalue weighted by Crippen LogP contribution is -2.37. The maximum Gasteiger partial charge on any atom is 0.0223 e. The fraction of sp³-hybridized carbons (Fsp3) is 1.00. The molecule has 2 aliphatic rings. The molecule has 0 aromatic heterocycles. The third-order valence-electron chi connectivity index (χ3n) is 5.34. The van der Waals surface area contributed by atoms with Crippen molar-refractivity contribution in [1.29, 1.82) is 0 Å². The monoisotopic (exact) mass is 281 g/mol. The van der Waals surface area contributed by atoms with Gasteiger partial charge in [-0.3, -0.25) is 4.90 Å². The van der Waals surface area contributed by atoms with Gasteiger partial charge in [-0.1, -0.05) is 13.3 Å². The molecule has 118 valence electrons. The molecule has 2 saturated heterocycles. The molecular formula is C17H35N3. The van der Waals surface area contributed by atoms with Gasteiger partial charge >= 0.3 is 0 Å². The van der Waals surface area contributed by atoms with E-state index in [-0.39, 0.29) is 0 Å². The highest BCUT2D eigenvalue weighted by Crippen LogP contribution is 2.28. The summed E-state index contributed by atoms with van der Waals surface area (Å²) in [7, 11) is 2.34. The van der Waals surface area contributed by atoms with Gasteiger partial charge in [0.15, 0.2) is 0 Å². The third-order valence-corrected chi connectivity index (χ3v) is 5.34. The molecule has 0 aromatic rings. The van der Waals surface area contributed by atoms with Gasteiger partial charge in [-0.15, -0.1) is 0 Å². The fourth-order valence-electron chi connectivity index (χ4n) is 3.86. The molecule has 2 rings (SSSR count). The number of hydrogen-bond donors (Lipinski definition) is 1. The van der Waals surface area contributed by atoms with Crippen molar-refractivity contribution in [2.75, 3.05) is 33.2 Å². The topological polar surface area (TPSA) is 18.5 Å². The minimum absolute atomic E-state index is 0.696. The summed E-state index contributed by atoms with van der Waals surface area (Å²) in [6.45, 7) is 9.70. The standard InChI is InChI=1S/C17H35N3/c1-4-11-18-15(2)7-5-6-12-20-13-10-16-8-9-17(14-20)19(16)3/h15-18H,4-14H2,1-3H3. The minimum Gasteiger partial charge on any atom is -0.314 e. The van der Waals surface area contributed by atoms with Gasteiger partial charge in [-0.05, 0) is 72.1 Å². The highest BCUT2D eigenvalue weighted by atomic mass is 15.3. The van der Waals surface area contributed by atoms with Crippen LogP contribution in [-0.4, -0.2) is 61.2 Å². The van der Waals surface area contributed by atoms with Crippen LogP contribution in [0.25, 0.3) is 0 Å². The summed E-state index contributed by atoms with van der Waals surface area (Å²) in [4.78, 5) is 5.38. The molecule has 0 aromatic carbocycles. The van der Waals surface area contributed by atoms with Crippen LogP contribution in [0.4, 0.5) is 0 Å².